The van der Waals surface area contributed by atoms with E-state index < -0.39 is 5.97 Å². The summed E-state index contributed by atoms with van der Waals surface area (Å²) in [4.78, 5) is 14.2. The van der Waals surface area contributed by atoms with Gasteiger partial charge in [0.05, 0.1) is 12.1 Å². The van der Waals surface area contributed by atoms with Crippen molar-refractivity contribution in [1.29, 1.82) is 0 Å². The fourth-order valence-corrected chi connectivity index (χ4v) is 2.48. The lowest BCUT2D eigenvalue weighted by Gasteiger charge is -2.09. The van der Waals surface area contributed by atoms with E-state index in [-0.39, 0.29) is 5.56 Å². The normalized spacial score (nSPS) is 10.0. The summed E-state index contributed by atoms with van der Waals surface area (Å²) in [6.07, 6.45) is 0. The van der Waals surface area contributed by atoms with E-state index in [0.29, 0.717) is 24.7 Å². The number of rotatable bonds is 7. The highest BCUT2D eigenvalue weighted by Gasteiger charge is 2.03. The Labute approximate surface area is 157 Å². The van der Waals surface area contributed by atoms with E-state index in [1.807, 2.05) is 36.4 Å². The summed E-state index contributed by atoms with van der Waals surface area (Å²) in [5, 5.41) is 8.86. The van der Waals surface area contributed by atoms with Gasteiger partial charge in [-0.15, -0.1) is 0 Å². The van der Waals surface area contributed by atoms with E-state index in [4.69, 9.17) is 21.2 Å². The lowest BCUT2D eigenvalue weighted by molar-refractivity contribution is 0.0697. The Morgan fingerprint density at radius 1 is 0.778 bits per heavy atom. The number of benzene rings is 3. The van der Waals surface area contributed by atoms with Crippen molar-refractivity contribution in [3.63, 3.8) is 0 Å². The third-order valence-electron chi connectivity index (χ3n) is 3.91. The standard InChI is InChI=1S/C22H17NO4/c1-23-19-8-2-16(3-9-19)17-4-10-20(11-5-17)26-14-15-27-21-12-6-18(7-13-21)22(24)25/h2-13H,14-15H2,(H,24,25). The summed E-state index contributed by atoms with van der Waals surface area (Å²) < 4.78 is 11.2. The molecule has 0 aliphatic rings. The minimum atomic E-state index is -0.962. The molecule has 0 saturated heterocycles. The molecular weight excluding hydrogens is 342 g/mol. The van der Waals surface area contributed by atoms with E-state index >= 15 is 0 Å². The maximum absolute atomic E-state index is 10.8. The van der Waals surface area contributed by atoms with Crippen LogP contribution in [0, 0.1) is 6.57 Å². The largest absolute Gasteiger partial charge is 0.490 e. The van der Waals surface area contributed by atoms with Gasteiger partial charge in [-0.1, -0.05) is 36.4 Å². The van der Waals surface area contributed by atoms with Gasteiger partial charge in [0, 0.05) is 0 Å². The van der Waals surface area contributed by atoms with Gasteiger partial charge in [-0.05, 0) is 47.5 Å². The van der Waals surface area contributed by atoms with E-state index in [1.54, 1.807) is 24.3 Å². The molecule has 0 amide bonds. The third-order valence-corrected chi connectivity index (χ3v) is 3.91. The zero-order chi connectivity index (χ0) is 19.1. The Morgan fingerprint density at radius 2 is 1.22 bits per heavy atom. The molecule has 0 unspecified atom stereocenters. The fourth-order valence-electron chi connectivity index (χ4n) is 2.48. The van der Waals surface area contributed by atoms with Crippen molar-refractivity contribution in [3.8, 4) is 22.6 Å². The summed E-state index contributed by atoms with van der Waals surface area (Å²) in [6.45, 7) is 7.71. The second-order valence-electron chi connectivity index (χ2n) is 5.71. The lowest BCUT2D eigenvalue weighted by Crippen LogP contribution is -2.09. The van der Waals surface area contributed by atoms with Gasteiger partial charge >= 0.3 is 5.97 Å². The zero-order valence-electron chi connectivity index (χ0n) is 14.5. The number of ether oxygens (including phenoxy) is 2. The average molecular weight is 359 g/mol. The zero-order valence-corrected chi connectivity index (χ0v) is 14.5. The molecule has 0 aliphatic heterocycles. The van der Waals surface area contributed by atoms with Crippen molar-refractivity contribution >= 4 is 11.7 Å². The van der Waals surface area contributed by atoms with Crippen molar-refractivity contribution < 1.29 is 19.4 Å². The Kier molecular flexibility index (Phi) is 5.70. The predicted octanol–water partition coefficient (Wildman–Crippen LogP) is 5.06. The number of hydrogen-bond acceptors (Lipinski definition) is 3. The van der Waals surface area contributed by atoms with Crippen LogP contribution in [0.3, 0.4) is 0 Å². The number of carboxylic acid groups (broad SMARTS) is 1. The van der Waals surface area contributed by atoms with Crippen molar-refractivity contribution in [3.05, 3.63) is 89.8 Å². The molecule has 3 aromatic rings. The quantitative estimate of drug-likeness (QED) is 0.473. The van der Waals surface area contributed by atoms with Crippen molar-refractivity contribution in [1.82, 2.24) is 0 Å². The van der Waals surface area contributed by atoms with Gasteiger partial charge < -0.3 is 14.6 Å². The highest BCUT2D eigenvalue weighted by molar-refractivity contribution is 5.87. The minimum absolute atomic E-state index is 0.224. The molecule has 0 aromatic heterocycles. The second-order valence-corrected chi connectivity index (χ2v) is 5.71. The van der Waals surface area contributed by atoms with Crippen LogP contribution >= 0.6 is 0 Å². The molecule has 3 rings (SSSR count). The molecule has 0 spiro atoms. The second kappa shape index (κ2) is 8.54. The van der Waals surface area contributed by atoms with Crippen LogP contribution in [0.15, 0.2) is 72.8 Å². The third kappa shape index (κ3) is 4.86. The van der Waals surface area contributed by atoms with Crippen LogP contribution in [0.1, 0.15) is 10.4 Å². The summed E-state index contributed by atoms with van der Waals surface area (Å²) >= 11 is 0. The van der Waals surface area contributed by atoms with Crippen molar-refractivity contribution in [2.75, 3.05) is 13.2 Å². The molecule has 1 N–H and O–H groups in total. The van der Waals surface area contributed by atoms with Gasteiger partial charge in [0.2, 0.25) is 0 Å². The van der Waals surface area contributed by atoms with Crippen LogP contribution in [-0.2, 0) is 0 Å². The van der Waals surface area contributed by atoms with Crippen molar-refractivity contribution in [2.45, 2.75) is 0 Å². The maximum atomic E-state index is 10.8. The van der Waals surface area contributed by atoms with Gasteiger partial charge in [-0.2, -0.15) is 0 Å². The van der Waals surface area contributed by atoms with Crippen molar-refractivity contribution in [2.24, 2.45) is 0 Å². The van der Waals surface area contributed by atoms with Gasteiger partial charge in [-0.25, -0.2) is 9.64 Å². The molecule has 3 aromatic carbocycles. The summed E-state index contributed by atoms with van der Waals surface area (Å²) in [5.41, 5.74) is 2.94. The first-order valence-electron chi connectivity index (χ1n) is 8.32. The summed E-state index contributed by atoms with van der Waals surface area (Å²) in [6, 6.07) is 21.4. The van der Waals surface area contributed by atoms with Gasteiger partial charge in [-0.3, -0.25) is 0 Å². The first-order valence-corrected chi connectivity index (χ1v) is 8.32. The Balaban J connectivity index is 1.48. The molecule has 0 fully saturated rings. The Hall–Kier alpha value is -3.78. The smallest absolute Gasteiger partial charge is 0.335 e. The molecular formula is C22H17NO4. The number of nitrogens with zero attached hydrogens (tertiary/aromatic N) is 1. The maximum Gasteiger partial charge on any atom is 0.335 e. The van der Waals surface area contributed by atoms with Crippen LogP contribution in [-0.4, -0.2) is 24.3 Å². The predicted molar refractivity (Wildman–Crippen MR) is 103 cm³/mol. The molecule has 0 saturated carbocycles. The average Bonchev–Trinajstić information content (AvgIpc) is 2.72. The first-order chi connectivity index (χ1) is 13.2. The van der Waals surface area contributed by atoms with Gasteiger partial charge in [0.15, 0.2) is 5.69 Å². The lowest BCUT2D eigenvalue weighted by atomic mass is 10.1. The molecule has 27 heavy (non-hydrogen) atoms. The molecule has 0 aliphatic carbocycles. The first kappa shape index (κ1) is 18.0. The molecule has 5 heteroatoms. The van der Waals surface area contributed by atoms with E-state index in [2.05, 4.69) is 4.85 Å². The SMILES string of the molecule is [C-]#[N+]c1ccc(-c2ccc(OCCOc3ccc(C(=O)O)cc3)cc2)cc1. The van der Waals surface area contributed by atoms with E-state index in [0.717, 1.165) is 16.9 Å². The summed E-state index contributed by atoms with van der Waals surface area (Å²) in [5.74, 6) is 0.374. The molecule has 0 heterocycles. The number of carboxylic acids is 1. The highest BCUT2D eigenvalue weighted by atomic mass is 16.5. The van der Waals surface area contributed by atoms with Crippen LogP contribution in [0.4, 0.5) is 5.69 Å². The molecule has 134 valence electrons. The van der Waals surface area contributed by atoms with Crippen LogP contribution < -0.4 is 9.47 Å². The minimum Gasteiger partial charge on any atom is -0.490 e. The number of carbonyl (C=O) groups is 1. The van der Waals surface area contributed by atoms with Crippen LogP contribution in [0.2, 0.25) is 0 Å². The van der Waals surface area contributed by atoms with Gasteiger partial charge in [0.25, 0.3) is 0 Å². The summed E-state index contributed by atoms with van der Waals surface area (Å²) in [7, 11) is 0. The fraction of sp³-hybridized carbons (Fsp3) is 0.0909. The Morgan fingerprint density at radius 3 is 1.67 bits per heavy atom. The molecule has 0 atom stereocenters. The monoisotopic (exact) mass is 359 g/mol. The van der Waals surface area contributed by atoms with Crippen LogP contribution in [0.5, 0.6) is 11.5 Å². The Bertz CT molecular complexity index is 940. The topological polar surface area (TPSA) is 60.1 Å². The van der Waals surface area contributed by atoms with Gasteiger partial charge in [0.1, 0.15) is 24.7 Å². The molecule has 0 radical (unpaired) electrons. The number of hydrogen-bond donors (Lipinski definition) is 1. The number of aromatic carboxylic acids is 1. The molecule has 0 bridgehead atoms. The highest BCUT2D eigenvalue weighted by Crippen LogP contribution is 2.24. The molecule has 5 nitrogen and oxygen atoms in total. The van der Waals surface area contributed by atoms with Crippen LogP contribution in [0.25, 0.3) is 16.0 Å². The van der Waals surface area contributed by atoms with E-state index in [9.17, 15) is 4.79 Å². The van der Waals surface area contributed by atoms with E-state index in [1.165, 1.54) is 12.1 Å².